The minimum absolute atomic E-state index is 0.0464. The van der Waals surface area contributed by atoms with Gasteiger partial charge in [0.15, 0.2) is 0 Å². The zero-order valence-corrected chi connectivity index (χ0v) is 17.2. The molecule has 0 aliphatic rings. The summed E-state index contributed by atoms with van der Waals surface area (Å²) in [5.41, 5.74) is 2.79. The molecule has 0 atom stereocenters. The predicted molar refractivity (Wildman–Crippen MR) is 117 cm³/mol. The lowest BCUT2D eigenvalue weighted by molar-refractivity contribution is -0.116. The predicted octanol–water partition coefficient (Wildman–Crippen LogP) is 3.62. The van der Waals surface area contributed by atoms with Crippen molar-refractivity contribution >= 4 is 22.5 Å². The van der Waals surface area contributed by atoms with E-state index in [-0.39, 0.29) is 24.4 Å². The minimum atomic E-state index is -0.291. The average Bonchev–Trinajstić information content (AvgIpc) is 2.78. The van der Waals surface area contributed by atoms with Crippen molar-refractivity contribution in [2.75, 3.05) is 5.32 Å². The van der Waals surface area contributed by atoms with Crippen molar-refractivity contribution in [1.82, 2.24) is 20.0 Å². The average molecular weight is 415 g/mol. The van der Waals surface area contributed by atoms with Crippen LogP contribution in [-0.4, -0.2) is 25.9 Å². The van der Waals surface area contributed by atoms with Gasteiger partial charge in [0.2, 0.25) is 11.8 Å². The van der Waals surface area contributed by atoms with Gasteiger partial charge in [-0.05, 0) is 55.3 Å². The molecule has 0 fully saturated rings. The Morgan fingerprint density at radius 2 is 1.90 bits per heavy atom. The first-order valence-corrected chi connectivity index (χ1v) is 9.84. The topological polar surface area (TPSA) is 99.0 Å². The summed E-state index contributed by atoms with van der Waals surface area (Å²) >= 11 is 0. The van der Waals surface area contributed by atoms with Crippen LogP contribution in [0.5, 0.6) is 11.6 Å². The summed E-state index contributed by atoms with van der Waals surface area (Å²) in [6.45, 7) is 4.07. The Bertz CT molecular complexity index is 1320. The van der Waals surface area contributed by atoms with Crippen molar-refractivity contribution in [2.24, 2.45) is 0 Å². The number of nitrogens with zero attached hydrogens (tertiary/aromatic N) is 4. The van der Waals surface area contributed by atoms with Crippen LogP contribution in [0.25, 0.3) is 10.9 Å². The van der Waals surface area contributed by atoms with Crippen molar-refractivity contribution in [1.29, 1.82) is 0 Å². The molecule has 2 aromatic carbocycles. The van der Waals surface area contributed by atoms with Gasteiger partial charge in [-0.15, -0.1) is 5.10 Å². The summed E-state index contributed by atoms with van der Waals surface area (Å²) in [7, 11) is 0. The molecule has 0 spiro atoms. The largest absolute Gasteiger partial charge is 0.437 e. The van der Waals surface area contributed by atoms with Crippen LogP contribution in [0.1, 0.15) is 17.5 Å². The quantitative estimate of drug-likeness (QED) is 0.516. The number of benzene rings is 2. The second kappa shape index (κ2) is 8.74. The number of rotatable bonds is 6. The van der Waals surface area contributed by atoms with E-state index in [0.717, 1.165) is 11.1 Å². The Balaban J connectivity index is 1.47. The Morgan fingerprint density at radius 3 is 2.77 bits per heavy atom. The van der Waals surface area contributed by atoms with Crippen LogP contribution in [0.2, 0.25) is 0 Å². The zero-order chi connectivity index (χ0) is 21.8. The number of aromatic nitrogens is 4. The lowest BCUT2D eigenvalue weighted by Crippen LogP contribution is -2.26. The summed E-state index contributed by atoms with van der Waals surface area (Å²) in [6, 6.07) is 16.2. The molecule has 2 heterocycles. The van der Waals surface area contributed by atoms with Gasteiger partial charge in [-0.1, -0.05) is 29.5 Å². The van der Waals surface area contributed by atoms with E-state index in [0.29, 0.717) is 28.2 Å². The van der Waals surface area contributed by atoms with Gasteiger partial charge in [0.1, 0.15) is 17.0 Å². The molecular formula is C23H21N5O3. The standard InChI is InChI=1S/C23H21N5O3/c1-15-7-5-11-20(16(15)2)31-22-19(10-6-13-24-22)25-21(29)12-14-28-23(30)17-8-3-4-9-18(17)26-27-28/h3-11,13H,12,14H2,1-2H3,(H,25,29). The first kappa shape index (κ1) is 20.2. The van der Waals surface area contributed by atoms with Crippen molar-refractivity contribution in [3.8, 4) is 11.6 Å². The van der Waals surface area contributed by atoms with Gasteiger partial charge >= 0.3 is 0 Å². The van der Waals surface area contributed by atoms with E-state index < -0.39 is 0 Å². The van der Waals surface area contributed by atoms with Gasteiger partial charge in [0.25, 0.3) is 5.56 Å². The third-order valence-electron chi connectivity index (χ3n) is 4.99. The van der Waals surface area contributed by atoms with Crippen LogP contribution in [0.4, 0.5) is 5.69 Å². The molecule has 0 saturated heterocycles. The summed E-state index contributed by atoms with van der Waals surface area (Å²) in [5.74, 6) is 0.681. The van der Waals surface area contributed by atoms with Crippen LogP contribution < -0.4 is 15.6 Å². The molecular weight excluding hydrogens is 394 g/mol. The fraction of sp³-hybridized carbons (Fsp3) is 0.174. The molecule has 8 nitrogen and oxygen atoms in total. The Kier molecular flexibility index (Phi) is 5.70. The molecule has 0 aliphatic carbocycles. The number of ether oxygens (including phenoxy) is 1. The first-order chi connectivity index (χ1) is 15.0. The highest BCUT2D eigenvalue weighted by Crippen LogP contribution is 2.30. The first-order valence-electron chi connectivity index (χ1n) is 9.84. The van der Waals surface area contributed by atoms with Gasteiger partial charge < -0.3 is 10.1 Å². The van der Waals surface area contributed by atoms with E-state index in [1.807, 2.05) is 32.0 Å². The van der Waals surface area contributed by atoms with E-state index in [1.54, 1.807) is 42.6 Å². The van der Waals surface area contributed by atoms with Gasteiger partial charge in [-0.2, -0.15) is 0 Å². The SMILES string of the molecule is Cc1cccc(Oc2ncccc2NC(=O)CCn2nnc3ccccc3c2=O)c1C. The molecule has 4 aromatic rings. The number of anilines is 1. The van der Waals surface area contributed by atoms with E-state index >= 15 is 0 Å². The second-order valence-electron chi connectivity index (χ2n) is 7.09. The van der Waals surface area contributed by atoms with Gasteiger partial charge in [0, 0.05) is 12.6 Å². The molecule has 0 radical (unpaired) electrons. The van der Waals surface area contributed by atoms with Crippen molar-refractivity contribution in [3.05, 3.63) is 82.3 Å². The lowest BCUT2D eigenvalue weighted by atomic mass is 10.1. The fourth-order valence-corrected chi connectivity index (χ4v) is 3.10. The molecule has 0 unspecified atom stereocenters. The van der Waals surface area contributed by atoms with Crippen molar-refractivity contribution in [3.63, 3.8) is 0 Å². The van der Waals surface area contributed by atoms with Gasteiger partial charge in [-0.3, -0.25) is 9.59 Å². The minimum Gasteiger partial charge on any atom is -0.437 e. The third kappa shape index (κ3) is 4.42. The summed E-state index contributed by atoms with van der Waals surface area (Å²) in [6.07, 6.45) is 1.64. The van der Waals surface area contributed by atoms with Crippen LogP contribution in [-0.2, 0) is 11.3 Å². The number of hydrogen-bond donors (Lipinski definition) is 1. The number of carbonyl (C=O) groups excluding carboxylic acids is 1. The zero-order valence-electron chi connectivity index (χ0n) is 17.2. The molecule has 31 heavy (non-hydrogen) atoms. The van der Waals surface area contributed by atoms with E-state index in [4.69, 9.17) is 4.74 Å². The van der Waals surface area contributed by atoms with Gasteiger partial charge in [0.05, 0.1) is 11.9 Å². The fourth-order valence-electron chi connectivity index (χ4n) is 3.10. The maximum Gasteiger partial charge on any atom is 0.277 e. The molecule has 2 aromatic heterocycles. The highest BCUT2D eigenvalue weighted by atomic mass is 16.5. The number of nitrogens with one attached hydrogen (secondary N) is 1. The maximum absolute atomic E-state index is 12.5. The van der Waals surface area contributed by atoms with E-state index in [1.165, 1.54) is 4.68 Å². The second-order valence-corrected chi connectivity index (χ2v) is 7.09. The van der Waals surface area contributed by atoms with Crippen LogP contribution in [0.15, 0.2) is 65.6 Å². The summed E-state index contributed by atoms with van der Waals surface area (Å²) in [5, 5.41) is 11.2. The molecule has 1 N–H and O–H groups in total. The molecule has 0 aliphatic heterocycles. The van der Waals surface area contributed by atoms with E-state index in [9.17, 15) is 9.59 Å². The highest BCUT2D eigenvalue weighted by molar-refractivity contribution is 5.91. The number of fused-ring (bicyclic) bond motifs is 1. The van der Waals surface area contributed by atoms with Gasteiger partial charge in [-0.25, -0.2) is 9.67 Å². The normalized spacial score (nSPS) is 10.8. The number of amides is 1. The molecule has 4 rings (SSSR count). The molecule has 0 saturated carbocycles. The van der Waals surface area contributed by atoms with E-state index in [2.05, 4.69) is 20.6 Å². The lowest BCUT2D eigenvalue weighted by Gasteiger charge is -2.13. The Morgan fingerprint density at radius 1 is 1.06 bits per heavy atom. The smallest absolute Gasteiger partial charge is 0.277 e. The van der Waals surface area contributed by atoms with Crippen LogP contribution in [0, 0.1) is 13.8 Å². The Hall–Kier alpha value is -4.07. The summed E-state index contributed by atoms with van der Waals surface area (Å²) in [4.78, 5) is 29.3. The third-order valence-corrected chi connectivity index (χ3v) is 4.99. The number of aryl methyl sites for hydroxylation is 2. The Labute approximate surface area is 178 Å². The number of pyridine rings is 1. The molecule has 8 heteroatoms. The van der Waals surface area contributed by atoms with Crippen LogP contribution in [0.3, 0.4) is 0 Å². The molecule has 0 bridgehead atoms. The number of carbonyl (C=O) groups is 1. The highest BCUT2D eigenvalue weighted by Gasteiger charge is 2.13. The van der Waals surface area contributed by atoms with Crippen molar-refractivity contribution in [2.45, 2.75) is 26.8 Å². The molecule has 156 valence electrons. The monoisotopic (exact) mass is 415 g/mol. The molecule has 1 amide bonds. The van der Waals surface area contributed by atoms with Crippen LogP contribution >= 0.6 is 0 Å². The van der Waals surface area contributed by atoms with Crippen molar-refractivity contribution < 1.29 is 9.53 Å². The summed E-state index contributed by atoms with van der Waals surface area (Å²) < 4.78 is 7.14. The number of hydrogen-bond acceptors (Lipinski definition) is 6. The maximum atomic E-state index is 12.5.